The number of allylic oxidation sites excluding steroid dienone is 3. The average molecular weight is 348 g/mol. The highest BCUT2D eigenvalue weighted by Gasteiger charge is 2.54. The zero-order valence-corrected chi connectivity index (χ0v) is 12.5. The molecule has 2 rings (SSSR count). The summed E-state index contributed by atoms with van der Waals surface area (Å²) in [5.74, 6) is -1.07. The molecule has 1 aromatic carbocycles. The van der Waals surface area contributed by atoms with E-state index >= 15 is 0 Å². The van der Waals surface area contributed by atoms with Crippen molar-refractivity contribution in [2.75, 3.05) is 0 Å². The molecule has 4 N–H and O–H groups in total. The van der Waals surface area contributed by atoms with E-state index < -0.39 is 42.2 Å². The summed E-state index contributed by atoms with van der Waals surface area (Å²) in [6.07, 6.45) is 2.12. The molecule has 1 aromatic rings. The van der Waals surface area contributed by atoms with Gasteiger partial charge in [0.1, 0.15) is 0 Å². The SMILES string of the molecule is O=S(=O)(O)C1(S(=O)(=O)O)C=CC=C(c2cccc(O)c2O)C1. The maximum absolute atomic E-state index is 11.5. The van der Waals surface area contributed by atoms with Crippen LogP contribution in [0.15, 0.2) is 36.4 Å². The maximum Gasteiger partial charge on any atom is 0.291 e. The third-order valence-corrected chi connectivity index (χ3v) is 6.89. The van der Waals surface area contributed by atoms with Crippen LogP contribution < -0.4 is 0 Å². The molecule has 22 heavy (non-hydrogen) atoms. The van der Waals surface area contributed by atoms with Gasteiger partial charge in [-0.25, -0.2) is 0 Å². The Morgan fingerprint density at radius 3 is 2.14 bits per heavy atom. The Balaban J connectivity index is 2.64. The van der Waals surface area contributed by atoms with Crippen LogP contribution in [0.2, 0.25) is 0 Å². The first-order valence-corrected chi connectivity index (χ1v) is 8.71. The number of aromatic hydroxyl groups is 2. The van der Waals surface area contributed by atoms with Crippen molar-refractivity contribution in [2.45, 2.75) is 10.5 Å². The Morgan fingerprint density at radius 2 is 1.59 bits per heavy atom. The van der Waals surface area contributed by atoms with E-state index in [0.717, 1.165) is 6.08 Å². The fourth-order valence-corrected chi connectivity index (χ4v) is 4.40. The summed E-state index contributed by atoms with van der Waals surface area (Å²) in [5, 5.41) is 19.2. The predicted octanol–water partition coefficient (Wildman–Crippen LogP) is 0.913. The monoisotopic (exact) mass is 348 g/mol. The van der Waals surface area contributed by atoms with Crippen LogP contribution >= 0.6 is 0 Å². The normalized spacial score (nSPS) is 18.0. The Labute approximate surface area is 126 Å². The highest BCUT2D eigenvalue weighted by atomic mass is 32.3. The van der Waals surface area contributed by atoms with E-state index in [0.29, 0.717) is 6.08 Å². The second kappa shape index (κ2) is 5.09. The van der Waals surface area contributed by atoms with Crippen molar-refractivity contribution in [1.82, 2.24) is 0 Å². The third kappa shape index (κ3) is 2.50. The van der Waals surface area contributed by atoms with E-state index in [1.807, 2.05) is 0 Å². The minimum atomic E-state index is -5.22. The quantitative estimate of drug-likeness (QED) is 0.465. The average Bonchev–Trinajstić information content (AvgIpc) is 2.39. The summed E-state index contributed by atoms with van der Waals surface area (Å²) in [6.45, 7) is 0. The topological polar surface area (TPSA) is 149 Å². The van der Waals surface area contributed by atoms with Gasteiger partial charge in [0, 0.05) is 12.0 Å². The lowest BCUT2D eigenvalue weighted by Gasteiger charge is -2.27. The van der Waals surface area contributed by atoms with Gasteiger partial charge in [-0.05, 0) is 17.7 Å². The molecule has 0 saturated heterocycles. The van der Waals surface area contributed by atoms with Crippen LogP contribution in [0.4, 0.5) is 0 Å². The molecule has 8 nitrogen and oxygen atoms in total. The van der Waals surface area contributed by atoms with E-state index in [1.54, 1.807) is 0 Å². The van der Waals surface area contributed by atoms with E-state index in [1.165, 1.54) is 24.3 Å². The van der Waals surface area contributed by atoms with Gasteiger partial charge in [0.25, 0.3) is 20.2 Å². The van der Waals surface area contributed by atoms with Gasteiger partial charge in [-0.2, -0.15) is 16.8 Å². The lowest BCUT2D eigenvalue weighted by atomic mass is 9.96. The molecular weight excluding hydrogens is 336 g/mol. The fourth-order valence-electron chi connectivity index (χ4n) is 2.16. The van der Waals surface area contributed by atoms with Crippen molar-refractivity contribution in [3.63, 3.8) is 0 Å². The minimum Gasteiger partial charge on any atom is -0.504 e. The molecule has 10 heteroatoms. The zero-order valence-electron chi connectivity index (χ0n) is 10.9. The van der Waals surface area contributed by atoms with Crippen LogP contribution in [0.5, 0.6) is 11.5 Å². The molecule has 120 valence electrons. The predicted molar refractivity (Wildman–Crippen MR) is 77.3 cm³/mol. The summed E-state index contributed by atoms with van der Waals surface area (Å²) in [7, 11) is -10.4. The van der Waals surface area contributed by atoms with E-state index in [9.17, 15) is 36.2 Å². The summed E-state index contributed by atoms with van der Waals surface area (Å²) >= 11 is 0. The Kier molecular flexibility index (Phi) is 3.81. The Hall–Kier alpha value is -1.88. The van der Waals surface area contributed by atoms with Gasteiger partial charge in [0.05, 0.1) is 0 Å². The second-order valence-electron chi connectivity index (χ2n) is 4.66. The van der Waals surface area contributed by atoms with E-state index in [2.05, 4.69) is 0 Å². The number of benzene rings is 1. The molecule has 0 bridgehead atoms. The molecule has 0 fully saturated rings. The molecule has 0 heterocycles. The molecule has 0 spiro atoms. The molecule has 1 aliphatic rings. The molecular formula is C12H12O8S2. The van der Waals surface area contributed by atoms with Crippen molar-refractivity contribution in [3.05, 3.63) is 42.0 Å². The van der Waals surface area contributed by atoms with Crippen molar-refractivity contribution >= 4 is 25.8 Å². The number of para-hydroxylation sites is 1. The van der Waals surface area contributed by atoms with Gasteiger partial charge in [0.2, 0.25) is 4.08 Å². The van der Waals surface area contributed by atoms with E-state index in [-0.39, 0.29) is 11.1 Å². The fraction of sp³-hybridized carbons (Fsp3) is 0.167. The first kappa shape index (κ1) is 16.5. The molecule has 0 atom stereocenters. The molecule has 1 aliphatic carbocycles. The third-order valence-electron chi connectivity index (χ3n) is 3.32. The zero-order chi connectivity index (χ0) is 16.8. The molecule has 0 unspecified atom stereocenters. The molecule has 0 aliphatic heterocycles. The van der Waals surface area contributed by atoms with E-state index in [4.69, 9.17) is 0 Å². The van der Waals surface area contributed by atoms with Crippen LogP contribution in [0.3, 0.4) is 0 Å². The summed E-state index contributed by atoms with van der Waals surface area (Å²) in [4.78, 5) is 0. The lowest BCUT2D eigenvalue weighted by molar-refractivity contribution is 0.402. The molecule has 0 saturated carbocycles. The van der Waals surface area contributed by atoms with Crippen molar-refractivity contribution in [1.29, 1.82) is 0 Å². The summed E-state index contributed by atoms with van der Waals surface area (Å²) in [5.41, 5.74) is -0.0350. The highest BCUT2D eigenvalue weighted by Crippen LogP contribution is 2.42. The highest BCUT2D eigenvalue weighted by molar-refractivity contribution is 8.05. The largest absolute Gasteiger partial charge is 0.504 e. The molecule has 0 amide bonds. The van der Waals surface area contributed by atoms with Crippen LogP contribution in [0.1, 0.15) is 12.0 Å². The van der Waals surface area contributed by atoms with Gasteiger partial charge < -0.3 is 10.2 Å². The van der Waals surface area contributed by atoms with Crippen molar-refractivity contribution < 1.29 is 36.2 Å². The Bertz CT molecular complexity index is 846. The Morgan fingerprint density at radius 1 is 1.00 bits per heavy atom. The number of phenolic OH excluding ortho intramolecular Hbond substituents is 2. The van der Waals surface area contributed by atoms with Crippen LogP contribution in [-0.2, 0) is 20.2 Å². The molecule has 0 radical (unpaired) electrons. The first-order chi connectivity index (χ1) is 9.99. The van der Waals surface area contributed by atoms with Crippen LogP contribution in [-0.4, -0.2) is 40.2 Å². The lowest BCUT2D eigenvalue weighted by Crippen LogP contribution is -2.45. The van der Waals surface area contributed by atoms with Gasteiger partial charge in [-0.1, -0.05) is 24.3 Å². The van der Waals surface area contributed by atoms with Crippen molar-refractivity contribution in [2.24, 2.45) is 0 Å². The van der Waals surface area contributed by atoms with Gasteiger partial charge in [0.15, 0.2) is 11.5 Å². The number of hydrogen-bond acceptors (Lipinski definition) is 6. The molecule has 0 aromatic heterocycles. The number of hydrogen-bond donors (Lipinski definition) is 4. The minimum absolute atomic E-state index is 0.00819. The smallest absolute Gasteiger partial charge is 0.291 e. The van der Waals surface area contributed by atoms with Gasteiger partial charge in [-0.3, -0.25) is 9.11 Å². The van der Waals surface area contributed by atoms with Gasteiger partial charge >= 0.3 is 0 Å². The summed E-state index contributed by atoms with van der Waals surface area (Å²) < 4.78 is 61.6. The standard InChI is InChI=1S/C12H12O8S2/c13-10-5-1-4-9(11(10)14)8-3-2-6-12(7-8,21(15,16)17)22(18,19)20/h1-6,13-14H,7H2,(H,15,16,17)(H,18,19,20). The number of rotatable bonds is 3. The number of phenols is 2. The summed E-state index contributed by atoms with van der Waals surface area (Å²) in [6, 6.07) is 3.85. The van der Waals surface area contributed by atoms with Crippen LogP contribution in [0.25, 0.3) is 5.57 Å². The first-order valence-electron chi connectivity index (χ1n) is 5.83. The second-order valence-corrected chi connectivity index (χ2v) is 8.28. The maximum atomic E-state index is 11.5. The van der Waals surface area contributed by atoms with Crippen molar-refractivity contribution in [3.8, 4) is 11.5 Å². The van der Waals surface area contributed by atoms with Gasteiger partial charge in [-0.15, -0.1) is 0 Å². The van der Waals surface area contributed by atoms with Crippen LogP contribution in [0, 0.1) is 0 Å².